The number of hydrogen-bond donors (Lipinski definition) is 1. The van der Waals surface area contributed by atoms with Crippen LogP contribution in [0.4, 0.5) is 4.79 Å². The van der Waals surface area contributed by atoms with Crippen LogP contribution in [0.1, 0.15) is 80.1 Å². The van der Waals surface area contributed by atoms with Crippen molar-refractivity contribution in [1.82, 2.24) is 5.32 Å². The van der Waals surface area contributed by atoms with E-state index in [0.717, 1.165) is 13.0 Å². The lowest BCUT2D eigenvalue weighted by Gasteiger charge is -2.42. The molecule has 164 valence electrons. The number of alkyl carbamates (subject to hydrolysis) is 1. The van der Waals surface area contributed by atoms with Crippen LogP contribution in [-0.2, 0) is 13.9 Å². The van der Waals surface area contributed by atoms with Gasteiger partial charge in [-0.2, -0.15) is 0 Å². The molecule has 6 heteroatoms. The van der Waals surface area contributed by atoms with Crippen LogP contribution in [-0.4, -0.2) is 44.9 Å². The number of epoxide rings is 1. The van der Waals surface area contributed by atoms with Gasteiger partial charge >= 0.3 is 6.09 Å². The topological polar surface area (TPSA) is 60.1 Å². The second-order valence-corrected chi connectivity index (χ2v) is 16.0. The Morgan fingerprint density at radius 2 is 1.68 bits per heavy atom. The average Bonchev–Trinajstić information content (AvgIpc) is 3.35. The molecule has 1 amide bonds. The molecule has 5 nitrogen and oxygen atoms in total. The van der Waals surface area contributed by atoms with Gasteiger partial charge in [0.2, 0.25) is 0 Å². The van der Waals surface area contributed by atoms with E-state index in [1.165, 1.54) is 32.1 Å². The molecule has 1 saturated carbocycles. The van der Waals surface area contributed by atoms with E-state index in [2.05, 4.69) is 39.2 Å². The highest BCUT2D eigenvalue weighted by Crippen LogP contribution is 2.40. The highest BCUT2D eigenvalue weighted by Gasteiger charge is 2.47. The Kier molecular flexibility index (Phi) is 7.65. The molecule has 1 aliphatic carbocycles. The molecule has 2 rings (SSSR count). The molecule has 2 aliphatic rings. The summed E-state index contributed by atoms with van der Waals surface area (Å²) in [6.45, 7) is 17.7. The molecule has 1 saturated heterocycles. The van der Waals surface area contributed by atoms with Gasteiger partial charge in [0.1, 0.15) is 11.7 Å². The lowest BCUT2D eigenvalue weighted by Crippen LogP contribution is -2.55. The van der Waals surface area contributed by atoms with Crippen LogP contribution in [0.3, 0.4) is 0 Å². The van der Waals surface area contributed by atoms with Crippen molar-refractivity contribution in [3.05, 3.63) is 0 Å². The summed E-state index contributed by atoms with van der Waals surface area (Å²) >= 11 is 0. The van der Waals surface area contributed by atoms with E-state index in [0.29, 0.717) is 5.92 Å². The third-order valence-corrected chi connectivity index (χ3v) is 10.8. The van der Waals surface area contributed by atoms with Crippen molar-refractivity contribution in [2.24, 2.45) is 5.92 Å². The van der Waals surface area contributed by atoms with E-state index in [1.807, 2.05) is 20.8 Å². The van der Waals surface area contributed by atoms with E-state index in [-0.39, 0.29) is 29.4 Å². The van der Waals surface area contributed by atoms with Gasteiger partial charge < -0.3 is 19.2 Å². The molecular weight excluding hydrogens is 370 g/mol. The summed E-state index contributed by atoms with van der Waals surface area (Å²) in [7, 11) is -1.99. The number of carbonyl (C=O) groups excluding carboxylic acids is 1. The lowest BCUT2D eigenvalue weighted by molar-refractivity contribution is 0.0369. The molecule has 1 N–H and O–H groups in total. The Morgan fingerprint density at radius 3 is 2.14 bits per heavy atom. The van der Waals surface area contributed by atoms with Gasteiger partial charge in [0, 0.05) is 0 Å². The number of rotatable bonds is 7. The average molecular weight is 414 g/mol. The van der Waals surface area contributed by atoms with Crippen LogP contribution in [0, 0.1) is 5.92 Å². The van der Waals surface area contributed by atoms with Gasteiger partial charge in [-0.25, -0.2) is 4.79 Å². The standard InChI is InChI=1S/C22H43NO4Si/c1-21(2,3)26-20(24)23-17(14-16-12-10-9-11-13-16)19(18-15-25-18)27-28(7,8)22(4,5)6/h16-19H,9-15H2,1-8H3,(H,23,24)/t17-,18?,19-/m0/s1. The molecule has 1 unspecified atom stereocenters. The summed E-state index contributed by atoms with van der Waals surface area (Å²) in [6, 6.07) is -0.0698. The van der Waals surface area contributed by atoms with Crippen LogP contribution in [0.5, 0.6) is 0 Å². The summed E-state index contributed by atoms with van der Waals surface area (Å²) in [5.74, 6) is 0.637. The van der Waals surface area contributed by atoms with E-state index in [9.17, 15) is 4.79 Å². The molecule has 28 heavy (non-hydrogen) atoms. The maximum absolute atomic E-state index is 12.6. The third-order valence-electron chi connectivity index (χ3n) is 6.37. The van der Waals surface area contributed by atoms with Crippen molar-refractivity contribution in [2.45, 2.75) is 122 Å². The molecule has 2 fully saturated rings. The van der Waals surface area contributed by atoms with Crippen molar-refractivity contribution in [2.75, 3.05) is 6.61 Å². The minimum absolute atomic E-state index is 0.0698. The lowest BCUT2D eigenvalue weighted by atomic mass is 9.83. The number of ether oxygens (including phenoxy) is 2. The first-order valence-electron chi connectivity index (χ1n) is 11.1. The molecule has 3 atom stereocenters. The van der Waals surface area contributed by atoms with Gasteiger partial charge in [0.25, 0.3) is 0 Å². The molecule has 1 aliphatic heterocycles. The van der Waals surface area contributed by atoms with Crippen LogP contribution < -0.4 is 5.32 Å². The molecular formula is C22H43NO4Si. The summed E-state index contributed by atoms with van der Waals surface area (Å²) in [6.07, 6.45) is 6.96. The summed E-state index contributed by atoms with van der Waals surface area (Å²) in [5.41, 5.74) is -0.509. The zero-order valence-electron chi connectivity index (χ0n) is 19.4. The predicted molar refractivity (Wildman–Crippen MR) is 116 cm³/mol. The predicted octanol–water partition coefficient (Wildman–Crippen LogP) is 5.64. The fraction of sp³-hybridized carbons (Fsp3) is 0.955. The van der Waals surface area contributed by atoms with Crippen LogP contribution >= 0.6 is 0 Å². The van der Waals surface area contributed by atoms with E-state index >= 15 is 0 Å². The summed E-state index contributed by atoms with van der Waals surface area (Å²) in [5, 5.41) is 3.28. The first-order valence-corrected chi connectivity index (χ1v) is 14.0. The van der Waals surface area contributed by atoms with Gasteiger partial charge in [-0.05, 0) is 51.2 Å². The Bertz CT molecular complexity index is 514. The number of nitrogens with one attached hydrogen (secondary N) is 1. The van der Waals surface area contributed by atoms with E-state index in [4.69, 9.17) is 13.9 Å². The van der Waals surface area contributed by atoms with Crippen molar-refractivity contribution >= 4 is 14.4 Å². The Morgan fingerprint density at radius 1 is 1.11 bits per heavy atom. The first kappa shape index (κ1) is 23.7. The molecule has 0 aromatic heterocycles. The van der Waals surface area contributed by atoms with Gasteiger partial charge in [-0.1, -0.05) is 52.9 Å². The molecule has 1 heterocycles. The zero-order valence-corrected chi connectivity index (χ0v) is 20.4. The minimum atomic E-state index is -1.99. The SMILES string of the molecule is CC(C)(C)OC(=O)N[C@@H](CC1CCCCC1)[C@H](O[Si](C)(C)C(C)(C)C)C1CO1. The highest BCUT2D eigenvalue weighted by molar-refractivity contribution is 6.74. The van der Waals surface area contributed by atoms with Crippen LogP contribution in [0.2, 0.25) is 18.1 Å². The monoisotopic (exact) mass is 413 g/mol. The molecule has 0 bridgehead atoms. The second-order valence-electron chi connectivity index (χ2n) is 11.2. The van der Waals surface area contributed by atoms with Gasteiger partial charge in [-0.15, -0.1) is 0 Å². The van der Waals surface area contributed by atoms with Gasteiger partial charge in [0.15, 0.2) is 8.32 Å². The Balaban J connectivity index is 2.16. The number of amides is 1. The fourth-order valence-electron chi connectivity index (χ4n) is 3.70. The van der Waals surface area contributed by atoms with Gasteiger partial charge in [-0.3, -0.25) is 0 Å². The van der Waals surface area contributed by atoms with Crippen molar-refractivity contribution in [3.63, 3.8) is 0 Å². The van der Waals surface area contributed by atoms with Gasteiger partial charge in [0.05, 0.1) is 18.8 Å². The molecule has 0 spiro atoms. The normalized spacial score (nSPS) is 23.8. The quantitative estimate of drug-likeness (QED) is 0.433. The second kappa shape index (κ2) is 9.05. The third kappa shape index (κ3) is 7.34. The first-order chi connectivity index (χ1) is 12.8. The van der Waals surface area contributed by atoms with Crippen LogP contribution in [0.25, 0.3) is 0 Å². The largest absolute Gasteiger partial charge is 0.444 e. The highest BCUT2D eigenvalue weighted by atomic mass is 28.4. The summed E-state index contributed by atoms with van der Waals surface area (Å²) < 4.78 is 18.1. The van der Waals surface area contributed by atoms with Crippen LogP contribution in [0.15, 0.2) is 0 Å². The summed E-state index contributed by atoms with van der Waals surface area (Å²) in [4.78, 5) is 12.6. The Hall–Kier alpha value is -0.593. The maximum Gasteiger partial charge on any atom is 0.407 e. The molecule has 0 aromatic carbocycles. The van der Waals surface area contributed by atoms with E-state index in [1.54, 1.807) is 0 Å². The van der Waals surface area contributed by atoms with Crippen molar-refractivity contribution in [3.8, 4) is 0 Å². The fourth-order valence-corrected chi connectivity index (χ4v) is 5.05. The smallest absolute Gasteiger partial charge is 0.407 e. The van der Waals surface area contributed by atoms with Crippen molar-refractivity contribution in [1.29, 1.82) is 0 Å². The zero-order chi connectivity index (χ0) is 21.2. The minimum Gasteiger partial charge on any atom is -0.444 e. The number of hydrogen-bond acceptors (Lipinski definition) is 4. The molecule has 0 aromatic rings. The maximum atomic E-state index is 12.6. The van der Waals surface area contributed by atoms with Crippen molar-refractivity contribution < 1.29 is 18.7 Å². The number of carbonyl (C=O) groups is 1. The molecule has 0 radical (unpaired) electrons. The van der Waals surface area contributed by atoms with E-state index < -0.39 is 13.9 Å². The Labute approximate surface area is 173 Å².